The van der Waals surface area contributed by atoms with Crippen molar-refractivity contribution in [1.82, 2.24) is 4.98 Å². The van der Waals surface area contributed by atoms with Crippen molar-refractivity contribution in [2.45, 2.75) is 6.92 Å². The molecule has 5 nitrogen and oxygen atoms in total. The van der Waals surface area contributed by atoms with Gasteiger partial charge in [0, 0.05) is 18.1 Å². The summed E-state index contributed by atoms with van der Waals surface area (Å²) in [6.45, 7) is 1.85. The van der Waals surface area contributed by atoms with E-state index in [1.54, 1.807) is 36.5 Å². The summed E-state index contributed by atoms with van der Waals surface area (Å²) >= 11 is 0. The molecule has 5 heteroatoms. The SMILES string of the molecule is COC(=O)c1ccc(C)c(NC(=O)c2cccnc2)c1. The van der Waals surface area contributed by atoms with Gasteiger partial charge in [0.1, 0.15) is 0 Å². The van der Waals surface area contributed by atoms with E-state index in [-0.39, 0.29) is 5.91 Å². The maximum atomic E-state index is 12.0. The molecular formula is C15H14N2O3. The first kappa shape index (κ1) is 13.7. The van der Waals surface area contributed by atoms with Crippen molar-refractivity contribution in [3.63, 3.8) is 0 Å². The maximum absolute atomic E-state index is 12.0. The van der Waals surface area contributed by atoms with E-state index in [1.807, 2.05) is 6.92 Å². The number of nitrogens with zero attached hydrogens (tertiary/aromatic N) is 1. The van der Waals surface area contributed by atoms with Crippen LogP contribution in [0.3, 0.4) is 0 Å². The van der Waals surface area contributed by atoms with Crippen molar-refractivity contribution in [1.29, 1.82) is 0 Å². The molecule has 0 atom stereocenters. The fourth-order valence-electron chi connectivity index (χ4n) is 1.69. The van der Waals surface area contributed by atoms with Gasteiger partial charge in [-0.3, -0.25) is 9.78 Å². The Kier molecular flexibility index (Phi) is 4.10. The Morgan fingerprint density at radius 2 is 2.00 bits per heavy atom. The van der Waals surface area contributed by atoms with Crippen molar-refractivity contribution in [3.8, 4) is 0 Å². The topological polar surface area (TPSA) is 68.3 Å². The average molecular weight is 270 g/mol. The molecule has 1 aromatic carbocycles. The molecular weight excluding hydrogens is 256 g/mol. The third-order valence-electron chi connectivity index (χ3n) is 2.83. The fourth-order valence-corrected chi connectivity index (χ4v) is 1.69. The van der Waals surface area contributed by atoms with Crippen molar-refractivity contribution in [2.24, 2.45) is 0 Å². The van der Waals surface area contributed by atoms with Crippen LogP contribution in [-0.4, -0.2) is 24.0 Å². The van der Waals surface area contributed by atoms with Gasteiger partial charge in [0.05, 0.1) is 18.2 Å². The second-order valence-electron chi connectivity index (χ2n) is 4.22. The van der Waals surface area contributed by atoms with Gasteiger partial charge in [-0.1, -0.05) is 6.07 Å². The van der Waals surface area contributed by atoms with E-state index in [2.05, 4.69) is 15.0 Å². The molecule has 0 radical (unpaired) electrons. The molecule has 0 saturated heterocycles. The zero-order chi connectivity index (χ0) is 14.5. The molecule has 20 heavy (non-hydrogen) atoms. The number of rotatable bonds is 3. The molecule has 0 bridgehead atoms. The van der Waals surface area contributed by atoms with Crippen LogP contribution in [0.4, 0.5) is 5.69 Å². The van der Waals surface area contributed by atoms with Crippen LogP contribution in [0.15, 0.2) is 42.7 Å². The number of hydrogen-bond donors (Lipinski definition) is 1. The van der Waals surface area contributed by atoms with Crippen LogP contribution >= 0.6 is 0 Å². The monoisotopic (exact) mass is 270 g/mol. The largest absolute Gasteiger partial charge is 0.465 e. The first-order valence-electron chi connectivity index (χ1n) is 6.02. The van der Waals surface area contributed by atoms with Crippen molar-refractivity contribution < 1.29 is 14.3 Å². The first-order chi connectivity index (χ1) is 9.61. The molecule has 0 fully saturated rings. The van der Waals surface area contributed by atoms with E-state index in [4.69, 9.17) is 0 Å². The number of benzene rings is 1. The van der Waals surface area contributed by atoms with Crippen LogP contribution in [-0.2, 0) is 4.74 Å². The van der Waals surface area contributed by atoms with E-state index in [0.717, 1.165) is 5.56 Å². The second kappa shape index (κ2) is 5.97. The van der Waals surface area contributed by atoms with Crippen LogP contribution in [0.1, 0.15) is 26.3 Å². The molecule has 1 N–H and O–H groups in total. The summed E-state index contributed by atoms with van der Waals surface area (Å²) in [7, 11) is 1.32. The molecule has 102 valence electrons. The standard InChI is InChI=1S/C15H14N2O3/c1-10-5-6-11(15(19)20-2)8-13(10)17-14(18)12-4-3-7-16-9-12/h3-9H,1-2H3,(H,17,18). The third-order valence-corrected chi connectivity index (χ3v) is 2.83. The Morgan fingerprint density at radius 1 is 1.20 bits per heavy atom. The normalized spacial score (nSPS) is 9.90. The summed E-state index contributed by atoms with van der Waals surface area (Å²) in [4.78, 5) is 27.4. The minimum Gasteiger partial charge on any atom is -0.465 e. The number of anilines is 1. The second-order valence-corrected chi connectivity index (χ2v) is 4.22. The van der Waals surface area contributed by atoms with E-state index >= 15 is 0 Å². The number of hydrogen-bond acceptors (Lipinski definition) is 4. The predicted octanol–water partition coefficient (Wildman–Crippen LogP) is 2.43. The van der Waals surface area contributed by atoms with E-state index in [0.29, 0.717) is 16.8 Å². The predicted molar refractivity (Wildman–Crippen MR) is 74.7 cm³/mol. The summed E-state index contributed by atoms with van der Waals surface area (Å²) < 4.78 is 4.66. The van der Waals surface area contributed by atoms with Crippen LogP contribution in [0.2, 0.25) is 0 Å². The highest BCUT2D eigenvalue weighted by atomic mass is 16.5. The van der Waals surface area contributed by atoms with Gasteiger partial charge in [-0.25, -0.2) is 4.79 Å². The van der Waals surface area contributed by atoms with Gasteiger partial charge in [0.2, 0.25) is 0 Å². The summed E-state index contributed by atoms with van der Waals surface area (Å²) in [5.74, 6) is -0.718. The number of esters is 1. The molecule has 2 rings (SSSR count). The molecule has 1 heterocycles. The van der Waals surface area contributed by atoms with Gasteiger partial charge >= 0.3 is 5.97 Å². The van der Waals surface area contributed by atoms with Crippen molar-refractivity contribution in [3.05, 3.63) is 59.4 Å². The minimum absolute atomic E-state index is 0.275. The smallest absolute Gasteiger partial charge is 0.337 e. The summed E-state index contributed by atoms with van der Waals surface area (Å²) in [5, 5.41) is 2.76. The molecule has 0 unspecified atom stereocenters. The van der Waals surface area contributed by atoms with Crippen LogP contribution < -0.4 is 5.32 Å². The number of ether oxygens (including phenoxy) is 1. The lowest BCUT2D eigenvalue weighted by Gasteiger charge is -2.09. The number of carbonyl (C=O) groups excluding carboxylic acids is 2. The van der Waals surface area contributed by atoms with Gasteiger partial charge in [-0.2, -0.15) is 0 Å². The number of aryl methyl sites for hydroxylation is 1. The Bertz CT molecular complexity index is 639. The minimum atomic E-state index is -0.443. The van der Waals surface area contributed by atoms with E-state index in [9.17, 15) is 9.59 Å². The molecule has 0 aliphatic carbocycles. The number of aromatic nitrogens is 1. The van der Waals surface area contributed by atoms with Crippen molar-refractivity contribution in [2.75, 3.05) is 12.4 Å². The highest BCUT2D eigenvalue weighted by Crippen LogP contribution is 2.18. The lowest BCUT2D eigenvalue weighted by atomic mass is 10.1. The summed E-state index contributed by atoms with van der Waals surface area (Å²) in [6, 6.07) is 8.36. The number of amides is 1. The van der Waals surface area contributed by atoms with E-state index < -0.39 is 5.97 Å². The highest BCUT2D eigenvalue weighted by molar-refractivity contribution is 6.05. The lowest BCUT2D eigenvalue weighted by Crippen LogP contribution is -2.13. The highest BCUT2D eigenvalue weighted by Gasteiger charge is 2.11. The summed E-state index contributed by atoms with van der Waals surface area (Å²) in [5.41, 5.74) is 2.27. The Hall–Kier alpha value is -2.69. The number of pyridine rings is 1. The van der Waals surface area contributed by atoms with Gasteiger partial charge in [0.25, 0.3) is 5.91 Å². The molecule has 2 aromatic rings. The summed E-state index contributed by atoms with van der Waals surface area (Å²) in [6.07, 6.45) is 3.08. The van der Waals surface area contributed by atoms with Crippen molar-refractivity contribution >= 4 is 17.6 Å². The lowest BCUT2D eigenvalue weighted by molar-refractivity contribution is 0.0600. The van der Waals surface area contributed by atoms with Crippen LogP contribution in [0.25, 0.3) is 0 Å². The van der Waals surface area contributed by atoms with Gasteiger partial charge < -0.3 is 10.1 Å². The quantitative estimate of drug-likeness (QED) is 0.870. The number of carbonyl (C=O) groups is 2. The molecule has 0 spiro atoms. The molecule has 0 aliphatic rings. The van der Waals surface area contributed by atoms with Crippen LogP contribution in [0, 0.1) is 6.92 Å². The third kappa shape index (κ3) is 3.00. The Morgan fingerprint density at radius 3 is 2.65 bits per heavy atom. The van der Waals surface area contributed by atoms with Gasteiger partial charge in [0.15, 0.2) is 0 Å². The molecule has 1 aromatic heterocycles. The molecule has 0 aliphatic heterocycles. The van der Waals surface area contributed by atoms with Gasteiger partial charge in [-0.05, 0) is 36.8 Å². The van der Waals surface area contributed by atoms with Gasteiger partial charge in [-0.15, -0.1) is 0 Å². The molecule has 0 saturated carbocycles. The average Bonchev–Trinajstić information content (AvgIpc) is 2.49. The Labute approximate surface area is 116 Å². The fraction of sp³-hybridized carbons (Fsp3) is 0.133. The zero-order valence-electron chi connectivity index (χ0n) is 11.2. The first-order valence-corrected chi connectivity index (χ1v) is 6.02. The molecule has 1 amide bonds. The van der Waals surface area contributed by atoms with E-state index in [1.165, 1.54) is 13.3 Å². The zero-order valence-corrected chi connectivity index (χ0v) is 11.2. The maximum Gasteiger partial charge on any atom is 0.337 e. The number of methoxy groups -OCH3 is 1. The Balaban J connectivity index is 2.25. The number of nitrogens with one attached hydrogen (secondary N) is 1. The van der Waals surface area contributed by atoms with Crippen LogP contribution in [0.5, 0.6) is 0 Å².